The molecular weight excluding hydrogens is 390 g/mol. The average molecular weight is 416 g/mol. The van der Waals surface area contributed by atoms with Crippen LogP contribution in [0.2, 0.25) is 0 Å². The highest BCUT2D eigenvalue weighted by atomic mass is 32.2. The van der Waals surface area contributed by atoms with Gasteiger partial charge in [-0.2, -0.15) is 4.31 Å². The van der Waals surface area contributed by atoms with Gasteiger partial charge in [-0.3, -0.25) is 9.59 Å². The van der Waals surface area contributed by atoms with Gasteiger partial charge in [0.2, 0.25) is 21.8 Å². The van der Waals surface area contributed by atoms with Crippen LogP contribution in [0.5, 0.6) is 0 Å². The van der Waals surface area contributed by atoms with E-state index in [1.165, 1.54) is 23.4 Å². The maximum atomic E-state index is 13.0. The molecule has 0 saturated carbocycles. The van der Waals surface area contributed by atoms with E-state index in [1.54, 1.807) is 12.1 Å². The molecule has 2 aromatic rings. The number of nitrogens with one attached hydrogen (secondary N) is 2. The van der Waals surface area contributed by atoms with Crippen molar-refractivity contribution in [2.45, 2.75) is 31.2 Å². The van der Waals surface area contributed by atoms with Gasteiger partial charge in [0.15, 0.2) is 0 Å². The quantitative estimate of drug-likeness (QED) is 0.757. The number of piperidine rings is 1. The van der Waals surface area contributed by atoms with Crippen molar-refractivity contribution in [1.29, 1.82) is 0 Å². The molecular formula is C21H25N3O4S. The van der Waals surface area contributed by atoms with Crippen LogP contribution in [-0.2, 0) is 26.2 Å². The molecule has 1 atom stereocenters. The van der Waals surface area contributed by atoms with E-state index in [0.29, 0.717) is 31.6 Å². The minimum Gasteiger partial charge on any atom is -0.352 e. The second kappa shape index (κ2) is 9.19. The molecule has 29 heavy (non-hydrogen) atoms. The van der Waals surface area contributed by atoms with Gasteiger partial charge in [-0.1, -0.05) is 30.3 Å². The third kappa shape index (κ3) is 5.42. The molecule has 154 valence electrons. The zero-order valence-electron chi connectivity index (χ0n) is 16.3. The van der Waals surface area contributed by atoms with Crippen molar-refractivity contribution in [1.82, 2.24) is 9.62 Å². The lowest BCUT2D eigenvalue weighted by molar-refractivity contribution is -0.126. The summed E-state index contributed by atoms with van der Waals surface area (Å²) in [5.74, 6) is -0.725. The van der Waals surface area contributed by atoms with Gasteiger partial charge in [0, 0.05) is 32.2 Å². The summed E-state index contributed by atoms with van der Waals surface area (Å²) in [5, 5.41) is 5.52. The van der Waals surface area contributed by atoms with Gasteiger partial charge >= 0.3 is 0 Å². The van der Waals surface area contributed by atoms with Crippen LogP contribution in [-0.4, -0.2) is 37.6 Å². The Kier molecular flexibility index (Phi) is 6.66. The van der Waals surface area contributed by atoms with Crippen LogP contribution in [0, 0.1) is 5.92 Å². The predicted octanol–water partition coefficient (Wildman–Crippen LogP) is 2.36. The maximum absolute atomic E-state index is 13.0. The standard InChI is InChI=1S/C21H25N3O4S/c1-16(25)23-19-9-11-20(12-10-19)29(27,28)24-13-5-8-18(15-24)21(26)22-14-17-6-3-2-4-7-17/h2-4,6-7,9-12,18H,5,8,13-15H2,1H3,(H,22,26)(H,23,25)/t18-/m1/s1. The number of carbonyl (C=O) groups excluding carboxylic acids is 2. The topological polar surface area (TPSA) is 95.6 Å². The maximum Gasteiger partial charge on any atom is 0.243 e. The Morgan fingerprint density at radius 3 is 2.41 bits per heavy atom. The minimum atomic E-state index is -3.70. The first kappa shape index (κ1) is 21.0. The Labute approximate surface area is 171 Å². The first-order valence-corrected chi connectivity index (χ1v) is 11.0. The van der Waals surface area contributed by atoms with Crippen LogP contribution in [0.4, 0.5) is 5.69 Å². The van der Waals surface area contributed by atoms with Gasteiger partial charge in [-0.05, 0) is 42.7 Å². The van der Waals surface area contributed by atoms with Gasteiger partial charge in [0.25, 0.3) is 0 Å². The monoisotopic (exact) mass is 415 g/mol. The molecule has 1 aliphatic heterocycles. The van der Waals surface area contributed by atoms with E-state index >= 15 is 0 Å². The van der Waals surface area contributed by atoms with Crippen LogP contribution in [0.15, 0.2) is 59.5 Å². The fraction of sp³-hybridized carbons (Fsp3) is 0.333. The molecule has 2 amide bonds. The molecule has 2 aromatic carbocycles. The van der Waals surface area contributed by atoms with Gasteiger partial charge in [-0.15, -0.1) is 0 Å². The number of hydrogen-bond donors (Lipinski definition) is 2. The molecule has 0 aromatic heterocycles. The normalized spacial score (nSPS) is 17.5. The lowest BCUT2D eigenvalue weighted by Gasteiger charge is -2.31. The summed E-state index contributed by atoms with van der Waals surface area (Å²) in [6.07, 6.45) is 1.29. The third-order valence-electron chi connectivity index (χ3n) is 4.88. The Bertz CT molecular complexity index is 959. The zero-order chi connectivity index (χ0) is 20.9. The van der Waals surface area contributed by atoms with Crippen molar-refractivity contribution < 1.29 is 18.0 Å². The molecule has 0 aliphatic carbocycles. The van der Waals surface area contributed by atoms with Crippen LogP contribution < -0.4 is 10.6 Å². The molecule has 2 N–H and O–H groups in total. The molecule has 3 rings (SSSR count). The molecule has 0 unspecified atom stereocenters. The molecule has 0 radical (unpaired) electrons. The number of carbonyl (C=O) groups is 2. The summed E-state index contributed by atoms with van der Waals surface area (Å²) < 4.78 is 27.3. The molecule has 7 nitrogen and oxygen atoms in total. The second-order valence-corrected chi connectivity index (χ2v) is 9.05. The fourth-order valence-corrected chi connectivity index (χ4v) is 4.89. The lowest BCUT2D eigenvalue weighted by Crippen LogP contribution is -2.45. The first-order valence-electron chi connectivity index (χ1n) is 9.56. The summed E-state index contributed by atoms with van der Waals surface area (Å²) in [6.45, 7) is 2.36. The van der Waals surface area contributed by atoms with E-state index in [4.69, 9.17) is 0 Å². The first-order chi connectivity index (χ1) is 13.9. The van der Waals surface area contributed by atoms with E-state index in [-0.39, 0.29) is 29.2 Å². The van der Waals surface area contributed by atoms with E-state index in [0.717, 1.165) is 5.56 Å². The number of hydrogen-bond acceptors (Lipinski definition) is 4. The van der Waals surface area contributed by atoms with Crippen molar-refractivity contribution in [3.63, 3.8) is 0 Å². The SMILES string of the molecule is CC(=O)Nc1ccc(S(=O)(=O)N2CCC[C@@H](C(=O)NCc3ccccc3)C2)cc1. The van der Waals surface area contributed by atoms with E-state index in [9.17, 15) is 18.0 Å². The number of nitrogens with zero attached hydrogens (tertiary/aromatic N) is 1. The van der Waals surface area contributed by atoms with Crippen molar-refractivity contribution in [2.75, 3.05) is 18.4 Å². The molecule has 0 bridgehead atoms. The number of sulfonamides is 1. The van der Waals surface area contributed by atoms with E-state index in [2.05, 4.69) is 10.6 Å². The Balaban J connectivity index is 1.64. The van der Waals surface area contributed by atoms with Crippen LogP contribution in [0.25, 0.3) is 0 Å². The zero-order valence-corrected chi connectivity index (χ0v) is 17.1. The highest BCUT2D eigenvalue weighted by molar-refractivity contribution is 7.89. The van der Waals surface area contributed by atoms with Crippen LogP contribution in [0.1, 0.15) is 25.3 Å². The van der Waals surface area contributed by atoms with Crippen molar-refractivity contribution in [3.8, 4) is 0 Å². The number of amides is 2. The summed E-state index contributed by atoms with van der Waals surface area (Å²) >= 11 is 0. The molecule has 1 heterocycles. The Morgan fingerprint density at radius 1 is 1.07 bits per heavy atom. The Hall–Kier alpha value is -2.71. The van der Waals surface area contributed by atoms with E-state index in [1.807, 2.05) is 30.3 Å². The highest BCUT2D eigenvalue weighted by Gasteiger charge is 2.33. The minimum absolute atomic E-state index is 0.130. The molecule has 8 heteroatoms. The molecule has 1 saturated heterocycles. The lowest BCUT2D eigenvalue weighted by atomic mass is 9.99. The van der Waals surface area contributed by atoms with Gasteiger partial charge < -0.3 is 10.6 Å². The fourth-order valence-electron chi connectivity index (χ4n) is 3.37. The third-order valence-corrected chi connectivity index (χ3v) is 6.76. The van der Waals surface area contributed by atoms with Crippen molar-refractivity contribution in [2.24, 2.45) is 5.92 Å². The van der Waals surface area contributed by atoms with Gasteiger partial charge in [-0.25, -0.2) is 8.42 Å². The Morgan fingerprint density at radius 2 is 1.76 bits per heavy atom. The van der Waals surface area contributed by atoms with Crippen LogP contribution >= 0.6 is 0 Å². The van der Waals surface area contributed by atoms with E-state index < -0.39 is 10.0 Å². The smallest absolute Gasteiger partial charge is 0.243 e. The summed E-state index contributed by atoms with van der Waals surface area (Å²) in [6, 6.07) is 15.7. The van der Waals surface area contributed by atoms with Gasteiger partial charge in [0.1, 0.15) is 0 Å². The largest absolute Gasteiger partial charge is 0.352 e. The second-order valence-electron chi connectivity index (χ2n) is 7.11. The number of rotatable bonds is 6. The average Bonchev–Trinajstić information content (AvgIpc) is 2.73. The number of anilines is 1. The molecule has 1 aliphatic rings. The highest BCUT2D eigenvalue weighted by Crippen LogP contribution is 2.25. The summed E-state index contributed by atoms with van der Waals surface area (Å²) in [7, 11) is -3.70. The summed E-state index contributed by atoms with van der Waals surface area (Å²) in [5.41, 5.74) is 1.54. The van der Waals surface area contributed by atoms with Crippen molar-refractivity contribution >= 4 is 27.5 Å². The number of benzene rings is 2. The molecule has 1 fully saturated rings. The molecule has 0 spiro atoms. The summed E-state index contributed by atoms with van der Waals surface area (Å²) in [4.78, 5) is 23.8. The van der Waals surface area contributed by atoms with Gasteiger partial charge in [0.05, 0.1) is 10.8 Å². The van der Waals surface area contributed by atoms with Crippen LogP contribution in [0.3, 0.4) is 0 Å². The predicted molar refractivity (Wildman–Crippen MR) is 111 cm³/mol. The van der Waals surface area contributed by atoms with Crippen molar-refractivity contribution in [3.05, 3.63) is 60.2 Å².